The fourth-order valence-electron chi connectivity index (χ4n) is 1.96. The zero-order valence-corrected chi connectivity index (χ0v) is 9.92. The van der Waals surface area contributed by atoms with Crippen molar-refractivity contribution in [3.05, 3.63) is 35.6 Å². The number of oxime groups is 1. The molecule has 1 aromatic rings. The van der Waals surface area contributed by atoms with Gasteiger partial charge in [-0.15, -0.1) is 0 Å². The van der Waals surface area contributed by atoms with Gasteiger partial charge in [0.25, 0.3) is 0 Å². The molecule has 0 radical (unpaired) electrons. The van der Waals surface area contributed by atoms with Gasteiger partial charge in [0.15, 0.2) is 5.84 Å². The van der Waals surface area contributed by atoms with Crippen LogP contribution < -0.4 is 5.73 Å². The summed E-state index contributed by atoms with van der Waals surface area (Å²) in [6, 6.07) is 6.66. The van der Waals surface area contributed by atoms with Crippen molar-refractivity contribution >= 4 is 5.84 Å². The Hall–Kier alpha value is -1.66. The summed E-state index contributed by atoms with van der Waals surface area (Å²) < 4.78 is 18.9. The van der Waals surface area contributed by atoms with Crippen LogP contribution >= 0.6 is 0 Å². The van der Waals surface area contributed by atoms with Crippen LogP contribution in [-0.2, 0) is 11.3 Å². The first-order valence-electron chi connectivity index (χ1n) is 5.75. The van der Waals surface area contributed by atoms with E-state index in [0.29, 0.717) is 31.8 Å². The monoisotopic (exact) mass is 253 g/mol. The number of amidine groups is 1. The van der Waals surface area contributed by atoms with Crippen LogP contribution in [0.1, 0.15) is 5.56 Å². The van der Waals surface area contributed by atoms with Gasteiger partial charge in [0, 0.05) is 25.2 Å². The molecule has 1 aliphatic rings. The quantitative estimate of drug-likeness (QED) is 0.361. The summed E-state index contributed by atoms with van der Waals surface area (Å²) in [5.41, 5.74) is 6.14. The van der Waals surface area contributed by atoms with Gasteiger partial charge in [-0.25, -0.2) is 4.39 Å². The molecule has 0 aromatic heterocycles. The van der Waals surface area contributed by atoms with Gasteiger partial charge >= 0.3 is 0 Å². The Labute approximate surface area is 105 Å². The number of halogens is 1. The van der Waals surface area contributed by atoms with Gasteiger partial charge < -0.3 is 15.7 Å². The second-order valence-electron chi connectivity index (χ2n) is 4.21. The van der Waals surface area contributed by atoms with Crippen molar-refractivity contribution in [3.8, 4) is 0 Å². The van der Waals surface area contributed by atoms with Crippen LogP contribution in [-0.4, -0.2) is 41.7 Å². The van der Waals surface area contributed by atoms with Crippen LogP contribution in [0, 0.1) is 5.82 Å². The van der Waals surface area contributed by atoms with Crippen molar-refractivity contribution in [2.24, 2.45) is 10.9 Å². The van der Waals surface area contributed by atoms with Crippen molar-refractivity contribution in [2.75, 3.05) is 19.7 Å². The van der Waals surface area contributed by atoms with E-state index in [1.54, 1.807) is 18.2 Å². The SMILES string of the molecule is N/C(=N\O)C1CN(Cc2ccccc2F)CCO1. The van der Waals surface area contributed by atoms with E-state index >= 15 is 0 Å². The minimum absolute atomic E-state index is 0.0493. The highest BCUT2D eigenvalue weighted by Gasteiger charge is 2.24. The average molecular weight is 253 g/mol. The zero-order valence-electron chi connectivity index (χ0n) is 9.92. The van der Waals surface area contributed by atoms with E-state index in [-0.39, 0.29) is 11.7 Å². The van der Waals surface area contributed by atoms with Crippen LogP contribution in [0.25, 0.3) is 0 Å². The predicted molar refractivity (Wildman–Crippen MR) is 64.8 cm³/mol. The maximum absolute atomic E-state index is 13.5. The Morgan fingerprint density at radius 2 is 2.33 bits per heavy atom. The van der Waals surface area contributed by atoms with E-state index in [0.717, 1.165) is 0 Å². The lowest BCUT2D eigenvalue weighted by molar-refractivity contribution is 0.00105. The lowest BCUT2D eigenvalue weighted by Gasteiger charge is -2.32. The molecule has 1 aliphatic heterocycles. The molecule has 1 atom stereocenters. The van der Waals surface area contributed by atoms with Gasteiger partial charge in [0.2, 0.25) is 0 Å². The second kappa shape index (κ2) is 5.79. The van der Waals surface area contributed by atoms with Crippen molar-refractivity contribution in [2.45, 2.75) is 12.6 Å². The fourth-order valence-corrected chi connectivity index (χ4v) is 1.96. The number of hydrogen-bond donors (Lipinski definition) is 2. The van der Waals surface area contributed by atoms with Crippen molar-refractivity contribution in [3.63, 3.8) is 0 Å². The minimum atomic E-state index is -0.435. The van der Waals surface area contributed by atoms with Crippen LogP contribution in [0.3, 0.4) is 0 Å². The van der Waals surface area contributed by atoms with E-state index < -0.39 is 6.10 Å². The first-order valence-corrected chi connectivity index (χ1v) is 5.75. The Morgan fingerprint density at radius 3 is 3.06 bits per heavy atom. The number of benzene rings is 1. The molecule has 1 saturated heterocycles. The largest absolute Gasteiger partial charge is 0.409 e. The molecule has 98 valence electrons. The molecule has 3 N–H and O–H groups in total. The van der Waals surface area contributed by atoms with Crippen molar-refractivity contribution in [1.29, 1.82) is 0 Å². The second-order valence-corrected chi connectivity index (χ2v) is 4.21. The van der Waals surface area contributed by atoms with E-state index in [2.05, 4.69) is 5.16 Å². The molecule has 1 unspecified atom stereocenters. The van der Waals surface area contributed by atoms with Crippen molar-refractivity contribution in [1.82, 2.24) is 4.90 Å². The molecule has 0 bridgehead atoms. The number of morpholine rings is 1. The number of hydrogen-bond acceptors (Lipinski definition) is 4. The topological polar surface area (TPSA) is 71.1 Å². The van der Waals surface area contributed by atoms with E-state index in [1.807, 2.05) is 4.90 Å². The molecule has 1 heterocycles. The highest BCUT2D eigenvalue weighted by atomic mass is 19.1. The smallest absolute Gasteiger partial charge is 0.169 e. The minimum Gasteiger partial charge on any atom is -0.409 e. The van der Waals surface area contributed by atoms with Gasteiger partial charge in [0.05, 0.1) is 6.61 Å². The maximum atomic E-state index is 13.5. The van der Waals surface area contributed by atoms with Crippen LogP contribution in [0.15, 0.2) is 29.4 Å². The highest BCUT2D eigenvalue weighted by molar-refractivity contribution is 5.84. The van der Waals surface area contributed by atoms with E-state index in [1.165, 1.54) is 6.07 Å². The molecular weight excluding hydrogens is 237 g/mol. The maximum Gasteiger partial charge on any atom is 0.169 e. The first-order chi connectivity index (χ1) is 8.70. The third-order valence-corrected chi connectivity index (χ3v) is 2.95. The van der Waals surface area contributed by atoms with Gasteiger partial charge in [0.1, 0.15) is 11.9 Å². The van der Waals surface area contributed by atoms with Crippen molar-refractivity contribution < 1.29 is 14.3 Å². The molecule has 0 aliphatic carbocycles. The number of nitrogens with two attached hydrogens (primary N) is 1. The standard InChI is InChI=1S/C12H16FN3O2/c13-10-4-2-1-3-9(10)7-16-5-6-18-11(8-16)12(14)15-17/h1-4,11,17H,5-8H2,(H2,14,15). The average Bonchev–Trinajstić information content (AvgIpc) is 2.41. The number of rotatable bonds is 3. The van der Waals surface area contributed by atoms with Crippen LogP contribution in [0.5, 0.6) is 0 Å². The Kier molecular flexibility index (Phi) is 4.11. The third-order valence-electron chi connectivity index (χ3n) is 2.95. The summed E-state index contributed by atoms with van der Waals surface area (Å²) in [5.74, 6) is -0.169. The molecule has 5 nitrogen and oxygen atoms in total. The highest BCUT2D eigenvalue weighted by Crippen LogP contribution is 2.13. The Balaban J connectivity index is 2.00. The van der Waals surface area contributed by atoms with Gasteiger partial charge in [-0.05, 0) is 6.07 Å². The van der Waals surface area contributed by atoms with Gasteiger partial charge in [-0.3, -0.25) is 4.90 Å². The predicted octanol–water partition coefficient (Wildman–Crippen LogP) is 0.773. The number of ether oxygens (including phenoxy) is 1. The zero-order chi connectivity index (χ0) is 13.0. The summed E-state index contributed by atoms with van der Waals surface area (Å²) in [6.45, 7) is 2.16. The molecule has 2 rings (SSSR count). The molecular formula is C12H16FN3O2. The van der Waals surface area contributed by atoms with Gasteiger partial charge in [-0.2, -0.15) is 0 Å². The molecule has 18 heavy (non-hydrogen) atoms. The van der Waals surface area contributed by atoms with E-state index in [4.69, 9.17) is 15.7 Å². The molecule has 1 fully saturated rings. The summed E-state index contributed by atoms with van der Waals surface area (Å²) in [7, 11) is 0. The van der Waals surface area contributed by atoms with Gasteiger partial charge in [-0.1, -0.05) is 23.4 Å². The first kappa shape index (κ1) is 12.8. The molecule has 6 heteroatoms. The molecule has 0 amide bonds. The molecule has 1 aromatic carbocycles. The summed E-state index contributed by atoms with van der Waals surface area (Å²) in [6.07, 6.45) is -0.435. The summed E-state index contributed by atoms with van der Waals surface area (Å²) in [4.78, 5) is 2.02. The third kappa shape index (κ3) is 2.96. The fraction of sp³-hybridized carbons (Fsp3) is 0.417. The normalized spacial score (nSPS) is 22.1. The lowest BCUT2D eigenvalue weighted by atomic mass is 10.1. The lowest BCUT2D eigenvalue weighted by Crippen LogP contribution is -2.48. The van der Waals surface area contributed by atoms with E-state index in [9.17, 15) is 4.39 Å². The van der Waals surface area contributed by atoms with Crippen LogP contribution in [0.2, 0.25) is 0 Å². The summed E-state index contributed by atoms with van der Waals surface area (Å²) in [5, 5.41) is 11.6. The van der Waals surface area contributed by atoms with Crippen LogP contribution in [0.4, 0.5) is 4.39 Å². The number of nitrogens with zero attached hydrogens (tertiary/aromatic N) is 2. The Morgan fingerprint density at radius 1 is 1.56 bits per heavy atom. The molecule has 0 spiro atoms. The summed E-state index contributed by atoms with van der Waals surface area (Å²) >= 11 is 0. The Bertz CT molecular complexity index is 439. The molecule has 0 saturated carbocycles.